The number of pyridine rings is 1. The second kappa shape index (κ2) is 9.15. The van der Waals surface area contributed by atoms with E-state index in [1.807, 2.05) is 12.1 Å². The van der Waals surface area contributed by atoms with Gasteiger partial charge in [0.1, 0.15) is 5.82 Å². The van der Waals surface area contributed by atoms with Crippen molar-refractivity contribution in [3.8, 4) is 0 Å². The SMILES string of the molecule is Cl.Cl.O=C(Nc1ccc(N2CCOCC2)nc1)C1CCCN1. The van der Waals surface area contributed by atoms with E-state index in [-0.39, 0.29) is 36.8 Å². The lowest BCUT2D eigenvalue weighted by Gasteiger charge is -2.27. The first-order valence-corrected chi connectivity index (χ1v) is 7.16. The Bertz CT molecular complexity index is 460. The van der Waals surface area contributed by atoms with Gasteiger partial charge in [-0.3, -0.25) is 4.79 Å². The molecule has 0 aromatic carbocycles. The lowest BCUT2D eigenvalue weighted by atomic mass is 10.2. The van der Waals surface area contributed by atoms with E-state index in [2.05, 4.69) is 20.5 Å². The number of halogens is 2. The van der Waals surface area contributed by atoms with Crippen LogP contribution in [0.25, 0.3) is 0 Å². The number of ether oxygens (including phenoxy) is 1. The first kappa shape index (κ1) is 19.0. The first-order valence-electron chi connectivity index (χ1n) is 7.16. The molecule has 22 heavy (non-hydrogen) atoms. The molecule has 1 amide bonds. The van der Waals surface area contributed by atoms with Gasteiger partial charge in [-0.2, -0.15) is 0 Å². The average molecular weight is 349 g/mol. The third-order valence-electron chi connectivity index (χ3n) is 3.73. The Morgan fingerprint density at radius 3 is 2.68 bits per heavy atom. The van der Waals surface area contributed by atoms with Crippen molar-refractivity contribution in [1.29, 1.82) is 0 Å². The summed E-state index contributed by atoms with van der Waals surface area (Å²) in [5.41, 5.74) is 0.751. The minimum absolute atomic E-state index is 0. The molecule has 2 N–H and O–H groups in total. The van der Waals surface area contributed by atoms with Crippen LogP contribution < -0.4 is 15.5 Å². The highest BCUT2D eigenvalue weighted by Crippen LogP contribution is 2.16. The zero-order chi connectivity index (χ0) is 13.8. The normalized spacial score (nSPS) is 20.7. The van der Waals surface area contributed by atoms with Crippen molar-refractivity contribution in [2.45, 2.75) is 18.9 Å². The molecule has 3 rings (SSSR count). The van der Waals surface area contributed by atoms with Crippen molar-refractivity contribution < 1.29 is 9.53 Å². The monoisotopic (exact) mass is 348 g/mol. The molecule has 2 aliphatic heterocycles. The Balaban J connectivity index is 0.00000121. The molecule has 2 aliphatic rings. The first-order chi connectivity index (χ1) is 9.83. The van der Waals surface area contributed by atoms with Crippen molar-refractivity contribution in [3.05, 3.63) is 18.3 Å². The summed E-state index contributed by atoms with van der Waals surface area (Å²) in [7, 11) is 0. The van der Waals surface area contributed by atoms with E-state index in [1.165, 1.54) is 0 Å². The van der Waals surface area contributed by atoms with Gasteiger partial charge in [-0.15, -0.1) is 24.8 Å². The summed E-state index contributed by atoms with van der Waals surface area (Å²) >= 11 is 0. The lowest BCUT2D eigenvalue weighted by molar-refractivity contribution is -0.117. The molecule has 1 atom stereocenters. The Hall–Kier alpha value is -1.08. The third-order valence-corrected chi connectivity index (χ3v) is 3.73. The summed E-state index contributed by atoms with van der Waals surface area (Å²) in [6.45, 7) is 4.14. The van der Waals surface area contributed by atoms with Crippen LogP contribution in [-0.2, 0) is 9.53 Å². The summed E-state index contributed by atoms with van der Waals surface area (Å²) in [6.07, 6.45) is 3.69. The highest BCUT2D eigenvalue weighted by atomic mass is 35.5. The van der Waals surface area contributed by atoms with Gasteiger partial charge in [0.25, 0.3) is 0 Å². The van der Waals surface area contributed by atoms with Crippen molar-refractivity contribution in [2.24, 2.45) is 0 Å². The second-order valence-corrected chi connectivity index (χ2v) is 5.14. The van der Waals surface area contributed by atoms with Gasteiger partial charge in [0.05, 0.1) is 31.1 Å². The molecule has 0 aliphatic carbocycles. The molecule has 1 aromatic heterocycles. The van der Waals surface area contributed by atoms with E-state index >= 15 is 0 Å². The number of carbonyl (C=O) groups is 1. The van der Waals surface area contributed by atoms with E-state index in [0.29, 0.717) is 0 Å². The molecule has 0 radical (unpaired) electrons. The highest BCUT2D eigenvalue weighted by Gasteiger charge is 2.22. The zero-order valence-corrected chi connectivity index (χ0v) is 13.9. The fourth-order valence-electron chi connectivity index (χ4n) is 2.58. The zero-order valence-electron chi connectivity index (χ0n) is 12.3. The van der Waals surface area contributed by atoms with E-state index in [9.17, 15) is 4.79 Å². The molecule has 2 fully saturated rings. The molecule has 0 spiro atoms. The molecular formula is C14H22Cl2N4O2. The summed E-state index contributed by atoms with van der Waals surface area (Å²) in [4.78, 5) is 18.6. The van der Waals surface area contributed by atoms with Crippen LogP contribution in [-0.4, -0.2) is 49.8 Å². The number of anilines is 2. The van der Waals surface area contributed by atoms with Crippen LogP contribution in [0.5, 0.6) is 0 Å². The van der Waals surface area contributed by atoms with Crippen LogP contribution in [0.4, 0.5) is 11.5 Å². The van der Waals surface area contributed by atoms with Crippen molar-refractivity contribution in [1.82, 2.24) is 10.3 Å². The van der Waals surface area contributed by atoms with E-state index in [4.69, 9.17) is 4.74 Å². The Kier molecular flexibility index (Phi) is 7.89. The largest absolute Gasteiger partial charge is 0.378 e. The summed E-state index contributed by atoms with van der Waals surface area (Å²) < 4.78 is 5.32. The smallest absolute Gasteiger partial charge is 0.241 e. The Morgan fingerprint density at radius 1 is 1.32 bits per heavy atom. The third kappa shape index (κ3) is 4.71. The fraction of sp³-hybridized carbons (Fsp3) is 0.571. The molecule has 2 saturated heterocycles. The minimum atomic E-state index is -0.0612. The van der Waals surface area contributed by atoms with Crippen molar-refractivity contribution in [3.63, 3.8) is 0 Å². The molecular weight excluding hydrogens is 327 g/mol. The summed E-state index contributed by atoms with van der Waals surface area (Å²) in [6, 6.07) is 3.79. The molecule has 124 valence electrons. The van der Waals surface area contributed by atoms with Gasteiger partial charge in [0.15, 0.2) is 0 Å². The van der Waals surface area contributed by atoms with Gasteiger partial charge in [0.2, 0.25) is 5.91 Å². The molecule has 1 aromatic rings. The van der Waals surface area contributed by atoms with Crippen LogP contribution in [0.2, 0.25) is 0 Å². The van der Waals surface area contributed by atoms with Crippen LogP contribution >= 0.6 is 24.8 Å². The number of carbonyl (C=O) groups excluding carboxylic acids is 1. The number of rotatable bonds is 3. The lowest BCUT2D eigenvalue weighted by Crippen LogP contribution is -2.37. The van der Waals surface area contributed by atoms with Crippen LogP contribution in [0, 0.1) is 0 Å². The van der Waals surface area contributed by atoms with Crippen LogP contribution in [0.15, 0.2) is 18.3 Å². The maximum atomic E-state index is 12.0. The molecule has 6 nitrogen and oxygen atoms in total. The van der Waals surface area contributed by atoms with Crippen LogP contribution in [0.3, 0.4) is 0 Å². The van der Waals surface area contributed by atoms with Gasteiger partial charge in [-0.1, -0.05) is 0 Å². The second-order valence-electron chi connectivity index (χ2n) is 5.14. The van der Waals surface area contributed by atoms with Gasteiger partial charge in [0, 0.05) is 13.1 Å². The Morgan fingerprint density at radius 2 is 2.09 bits per heavy atom. The topological polar surface area (TPSA) is 66.5 Å². The highest BCUT2D eigenvalue weighted by molar-refractivity contribution is 5.94. The van der Waals surface area contributed by atoms with E-state index < -0.39 is 0 Å². The molecule has 8 heteroatoms. The summed E-state index contributed by atoms with van der Waals surface area (Å²) in [5, 5.41) is 6.09. The standard InChI is InChI=1S/C14H20N4O2.2ClH/c19-14(12-2-1-5-15-12)17-11-3-4-13(16-10-11)18-6-8-20-9-7-18;;/h3-4,10,12,15H,1-2,5-9H2,(H,17,19);2*1H. The van der Waals surface area contributed by atoms with E-state index in [0.717, 1.165) is 57.2 Å². The Labute approximate surface area is 142 Å². The number of aromatic nitrogens is 1. The number of hydrogen-bond donors (Lipinski definition) is 2. The van der Waals surface area contributed by atoms with Gasteiger partial charge in [-0.25, -0.2) is 4.98 Å². The number of nitrogens with zero attached hydrogens (tertiary/aromatic N) is 2. The molecule has 0 saturated carbocycles. The summed E-state index contributed by atoms with van der Waals surface area (Å²) in [5.74, 6) is 0.966. The number of hydrogen-bond acceptors (Lipinski definition) is 5. The predicted molar refractivity (Wildman–Crippen MR) is 91.4 cm³/mol. The number of nitrogens with one attached hydrogen (secondary N) is 2. The quantitative estimate of drug-likeness (QED) is 0.865. The molecule has 1 unspecified atom stereocenters. The van der Waals surface area contributed by atoms with Crippen molar-refractivity contribution in [2.75, 3.05) is 43.1 Å². The number of morpholine rings is 1. The van der Waals surface area contributed by atoms with Gasteiger partial charge >= 0.3 is 0 Å². The average Bonchev–Trinajstić information content (AvgIpc) is 3.03. The van der Waals surface area contributed by atoms with Gasteiger partial charge < -0.3 is 20.3 Å². The minimum Gasteiger partial charge on any atom is -0.378 e. The van der Waals surface area contributed by atoms with E-state index in [1.54, 1.807) is 6.20 Å². The maximum Gasteiger partial charge on any atom is 0.241 e. The maximum absolute atomic E-state index is 12.0. The van der Waals surface area contributed by atoms with Crippen LogP contribution in [0.1, 0.15) is 12.8 Å². The predicted octanol–water partition coefficient (Wildman–Crippen LogP) is 1.45. The number of amides is 1. The molecule has 0 bridgehead atoms. The molecule has 3 heterocycles. The fourth-order valence-corrected chi connectivity index (χ4v) is 2.58. The van der Waals surface area contributed by atoms with Crippen molar-refractivity contribution >= 4 is 42.2 Å². The van der Waals surface area contributed by atoms with Gasteiger partial charge in [-0.05, 0) is 31.5 Å².